The molecule has 0 aromatic heterocycles. The van der Waals surface area contributed by atoms with Crippen molar-refractivity contribution in [3.05, 3.63) is 0 Å². The van der Waals surface area contributed by atoms with E-state index in [1.54, 1.807) is 0 Å². The lowest BCUT2D eigenvalue weighted by molar-refractivity contribution is 0.0420. The van der Waals surface area contributed by atoms with Crippen LogP contribution in [0.4, 0.5) is 0 Å². The molecule has 1 aliphatic heterocycles. The summed E-state index contributed by atoms with van der Waals surface area (Å²) in [6.07, 6.45) is 5.00. The Morgan fingerprint density at radius 2 is 2.17 bits per heavy atom. The summed E-state index contributed by atoms with van der Waals surface area (Å²) in [6, 6.07) is 1.27. The maximum absolute atomic E-state index is 5.78. The van der Waals surface area contributed by atoms with Crippen LogP contribution in [0, 0.1) is 0 Å². The highest BCUT2D eigenvalue weighted by Gasteiger charge is 2.28. The molecule has 0 amide bonds. The van der Waals surface area contributed by atoms with E-state index in [0.717, 1.165) is 64.3 Å². The highest BCUT2D eigenvalue weighted by Crippen LogP contribution is 2.26. The topological polar surface area (TPSA) is 58.1 Å². The van der Waals surface area contributed by atoms with E-state index in [1.165, 1.54) is 12.8 Å². The van der Waals surface area contributed by atoms with E-state index >= 15 is 0 Å². The Bertz CT molecular complexity index is 355. The maximum Gasteiger partial charge on any atom is 0.191 e. The molecule has 0 spiro atoms. The Labute approximate surface area is 141 Å². The molecular formula is C17H34N4O2. The molecule has 134 valence electrons. The molecule has 2 aliphatic rings. The van der Waals surface area contributed by atoms with Crippen LogP contribution < -0.4 is 10.6 Å². The molecule has 0 radical (unpaired) electrons. The third-order valence-electron chi connectivity index (χ3n) is 4.53. The number of ether oxygens (including phenoxy) is 2. The Morgan fingerprint density at radius 1 is 1.35 bits per heavy atom. The van der Waals surface area contributed by atoms with Gasteiger partial charge in [-0.25, -0.2) is 0 Å². The van der Waals surface area contributed by atoms with Gasteiger partial charge < -0.3 is 20.1 Å². The van der Waals surface area contributed by atoms with E-state index in [9.17, 15) is 0 Å². The van der Waals surface area contributed by atoms with Crippen LogP contribution in [-0.4, -0.2) is 75.5 Å². The van der Waals surface area contributed by atoms with Gasteiger partial charge in [-0.1, -0.05) is 0 Å². The lowest BCUT2D eigenvalue weighted by Crippen LogP contribution is -2.40. The van der Waals surface area contributed by atoms with Crippen molar-refractivity contribution in [3.8, 4) is 0 Å². The molecule has 0 aromatic carbocycles. The molecule has 1 saturated heterocycles. The van der Waals surface area contributed by atoms with E-state index in [2.05, 4.69) is 36.4 Å². The van der Waals surface area contributed by atoms with Gasteiger partial charge in [-0.15, -0.1) is 0 Å². The van der Waals surface area contributed by atoms with Crippen LogP contribution in [0.25, 0.3) is 0 Å². The van der Waals surface area contributed by atoms with E-state index in [4.69, 9.17) is 14.5 Å². The van der Waals surface area contributed by atoms with Crippen LogP contribution in [0.1, 0.15) is 39.5 Å². The molecular weight excluding hydrogens is 292 g/mol. The first kappa shape index (κ1) is 18.5. The minimum absolute atomic E-state index is 0.302. The summed E-state index contributed by atoms with van der Waals surface area (Å²) >= 11 is 0. The summed E-state index contributed by atoms with van der Waals surface area (Å²) in [5.41, 5.74) is 0. The second kappa shape index (κ2) is 10.1. The summed E-state index contributed by atoms with van der Waals surface area (Å²) in [5.74, 6) is 0.910. The van der Waals surface area contributed by atoms with Crippen molar-refractivity contribution in [2.75, 3.05) is 46.5 Å². The first-order chi connectivity index (χ1) is 11.2. The lowest BCUT2D eigenvalue weighted by atomic mass is 10.3. The quantitative estimate of drug-likeness (QED) is 0.359. The number of nitrogens with zero attached hydrogens (tertiary/aromatic N) is 2. The lowest BCUT2D eigenvalue weighted by Gasteiger charge is -2.23. The fourth-order valence-electron chi connectivity index (χ4n) is 2.71. The minimum Gasteiger partial charge on any atom is -0.379 e. The van der Waals surface area contributed by atoms with Gasteiger partial charge in [0.05, 0.1) is 19.3 Å². The fraction of sp³-hybridized carbons (Fsp3) is 0.941. The third-order valence-corrected chi connectivity index (χ3v) is 4.53. The summed E-state index contributed by atoms with van der Waals surface area (Å²) < 4.78 is 11.1. The molecule has 2 rings (SSSR count). The Hall–Kier alpha value is -0.850. The van der Waals surface area contributed by atoms with Crippen molar-refractivity contribution in [2.45, 2.75) is 57.7 Å². The number of aliphatic imine (C=N–C) groups is 1. The van der Waals surface area contributed by atoms with Crippen LogP contribution in [0.2, 0.25) is 0 Å². The zero-order chi connectivity index (χ0) is 16.5. The second-order valence-corrected chi connectivity index (χ2v) is 6.60. The molecule has 1 aliphatic carbocycles. The van der Waals surface area contributed by atoms with Crippen molar-refractivity contribution in [3.63, 3.8) is 0 Å². The molecule has 6 nitrogen and oxygen atoms in total. The summed E-state index contributed by atoms with van der Waals surface area (Å²) in [6.45, 7) is 9.32. The predicted molar refractivity (Wildman–Crippen MR) is 94.0 cm³/mol. The normalized spacial score (nSPS) is 23.3. The zero-order valence-corrected chi connectivity index (χ0v) is 15.0. The van der Waals surface area contributed by atoms with Crippen LogP contribution in [-0.2, 0) is 9.47 Å². The summed E-state index contributed by atoms with van der Waals surface area (Å²) in [4.78, 5) is 7.16. The summed E-state index contributed by atoms with van der Waals surface area (Å²) in [5, 5.41) is 6.71. The van der Waals surface area contributed by atoms with Crippen molar-refractivity contribution in [1.82, 2.24) is 15.5 Å². The molecule has 6 heteroatoms. The maximum atomic E-state index is 5.78. The zero-order valence-electron chi connectivity index (χ0n) is 15.0. The SMILES string of the molecule is CCNC(=NCC(C)N(C)C1CC1)NCCCOC1CCOC1. The van der Waals surface area contributed by atoms with E-state index in [0.29, 0.717) is 12.1 Å². The fourth-order valence-corrected chi connectivity index (χ4v) is 2.71. The summed E-state index contributed by atoms with van der Waals surface area (Å²) in [7, 11) is 2.21. The van der Waals surface area contributed by atoms with Crippen LogP contribution in [0.3, 0.4) is 0 Å². The third kappa shape index (κ3) is 7.06. The average molecular weight is 326 g/mol. The minimum atomic E-state index is 0.302. The largest absolute Gasteiger partial charge is 0.379 e. The van der Waals surface area contributed by atoms with Gasteiger partial charge in [0.25, 0.3) is 0 Å². The molecule has 23 heavy (non-hydrogen) atoms. The predicted octanol–water partition coefficient (Wildman–Crippen LogP) is 1.22. The molecule has 0 aromatic rings. The van der Waals surface area contributed by atoms with Gasteiger partial charge in [-0.05, 0) is 46.6 Å². The second-order valence-electron chi connectivity index (χ2n) is 6.60. The van der Waals surface area contributed by atoms with Crippen molar-refractivity contribution in [2.24, 2.45) is 4.99 Å². The van der Waals surface area contributed by atoms with Gasteiger partial charge in [-0.3, -0.25) is 9.89 Å². The van der Waals surface area contributed by atoms with E-state index in [1.807, 2.05) is 0 Å². The standard InChI is InChI=1S/C17H34N4O2/c1-4-18-17(20-12-14(2)21(3)15-6-7-15)19-9-5-10-23-16-8-11-22-13-16/h14-16H,4-13H2,1-3H3,(H2,18,19,20). The number of rotatable bonds is 10. The number of hydrogen-bond donors (Lipinski definition) is 2. The van der Waals surface area contributed by atoms with Crippen LogP contribution >= 0.6 is 0 Å². The van der Waals surface area contributed by atoms with Gasteiger partial charge in [0.1, 0.15) is 0 Å². The molecule has 2 N–H and O–H groups in total. The van der Waals surface area contributed by atoms with Gasteiger partial charge in [0.15, 0.2) is 5.96 Å². The number of nitrogens with one attached hydrogen (secondary N) is 2. The van der Waals surface area contributed by atoms with E-state index < -0.39 is 0 Å². The monoisotopic (exact) mass is 326 g/mol. The molecule has 2 unspecified atom stereocenters. The van der Waals surface area contributed by atoms with Crippen LogP contribution in [0.15, 0.2) is 4.99 Å². The van der Waals surface area contributed by atoms with Crippen molar-refractivity contribution >= 4 is 5.96 Å². The van der Waals surface area contributed by atoms with Crippen molar-refractivity contribution < 1.29 is 9.47 Å². The van der Waals surface area contributed by atoms with Gasteiger partial charge in [-0.2, -0.15) is 0 Å². The molecule has 2 fully saturated rings. The first-order valence-corrected chi connectivity index (χ1v) is 9.14. The number of likely N-dealkylation sites (N-methyl/N-ethyl adjacent to an activating group) is 1. The Kier molecular flexibility index (Phi) is 8.12. The highest BCUT2D eigenvalue weighted by molar-refractivity contribution is 5.79. The van der Waals surface area contributed by atoms with Crippen molar-refractivity contribution in [1.29, 1.82) is 0 Å². The smallest absolute Gasteiger partial charge is 0.191 e. The van der Waals surface area contributed by atoms with Gasteiger partial charge >= 0.3 is 0 Å². The first-order valence-electron chi connectivity index (χ1n) is 9.14. The average Bonchev–Trinajstić information content (AvgIpc) is 3.28. The number of guanidine groups is 1. The molecule has 1 saturated carbocycles. The van der Waals surface area contributed by atoms with Gasteiger partial charge in [0, 0.05) is 38.4 Å². The number of hydrogen-bond acceptors (Lipinski definition) is 4. The Balaban J connectivity index is 1.60. The van der Waals surface area contributed by atoms with Gasteiger partial charge in [0.2, 0.25) is 0 Å². The molecule has 2 atom stereocenters. The molecule has 1 heterocycles. The Morgan fingerprint density at radius 3 is 2.83 bits per heavy atom. The van der Waals surface area contributed by atoms with E-state index in [-0.39, 0.29) is 0 Å². The highest BCUT2D eigenvalue weighted by atomic mass is 16.5. The molecule has 0 bridgehead atoms. The van der Waals surface area contributed by atoms with Crippen LogP contribution in [0.5, 0.6) is 0 Å².